The van der Waals surface area contributed by atoms with Gasteiger partial charge in [0.25, 0.3) is 10.0 Å². The largest absolute Gasteiger partial charge is 0.392 e. The topological polar surface area (TPSA) is 95.5 Å². The second-order valence-corrected chi connectivity index (χ2v) is 7.24. The highest BCUT2D eigenvalue weighted by molar-refractivity contribution is 7.89. The predicted molar refractivity (Wildman–Crippen MR) is 67.9 cm³/mol. The number of aromatic nitrogens is 2. The van der Waals surface area contributed by atoms with Crippen LogP contribution in [0, 0.1) is 0 Å². The number of aromatic amines is 1. The van der Waals surface area contributed by atoms with Crippen LogP contribution in [0.1, 0.15) is 26.3 Å². The summed E-state index contributed by atoms with van der Waals surface area (Å²) in [5, 5.41) is 15.3. The molecule has 0 radical (unpaired) electrons. The molecule has 1 saturated heterocycles. The molecule has 8 heteroatoms. The molecule has 2 N–H and O–H groups in total. The van der Waals surface area contributed by atoms with E-state index in [0.717, 1.165) is 0 Å². The molecular weight excluding hydrogens is 270 g/mol. The van der Waals surface area contributed by atoms with Crippen LogP contribution >= 0.6 is 0 Å². The van der Waals surface area contributed by atoms with Crippen LogP contribution in [0.5, 0.6) is 0 Å². The first kappa shape index (κ1) is 14.4. The van der Waals surface area contributed by atoms with Gasteiger partial charge in [-0.25, -0.2) is 8.42 Å². The molecule has 1 fully saturated rings. The monoisotopic (exact) mass is 289 g/mol. The number of morpholine rings is 1. The molecule has 1 aliphatic heterocycles. The van der Waals surface area contributed by atoms with Gasteiger partial charge < -0.3 is 9.84 Å². The van der Waals surface area contributed by atoms with Gasteiger partial charge in [0.15, 0.2) is 5.03 Å². The van der Waals surface area contributed by atoms with Gasteiger partial charge in [-0.15, -0.1) is 0 Å². The third kappa shape index (κ3) is 2.81. The van der Waals surface area contributed by atoms with Crippen LogP contribution in [0.3, 0.4) is 0 Å². The lowest BCUT2D eigenvalue weighted by Crippen LogP contribution is -2.53. The second kappa shape index (κ2) is 4.86. The smallest absolute Gasteiger partial charge is 0.260 e. The zero-order chi connectivity index (χ0) is 14.3. The molecule has 1 aromatic rings. The SMILES string of the molecule is CC1CN(S(=O)(=O)c2[nH]ncc2CO)CC(C)(C)O1. The molecule has 1 atom stereocenters. The van der Waals surface area contributed by atoms with E-state index in [1.807, 2.05) is 20.8 Å². The van der Waals surface area contributed by atoms with Crippen molar-refractivity contribution in [1.29, 1.82) is 0 Å². The first-order valence-electron chi connectivity index (χ1n) is 6.07. The van der Waals surface area contributed by atoms with Gasteiger partial charge in [-0.2, -0.15) is 9.40 Å². The quantitative estimate of drug-likeness (QED) is 0.822. The molecule has 0 amide bonds. The second-order valence-electron chi connectivity index (χ2n) is 5.37. The van der Waals surface area contributed by atoms with Gasteiger partial charge in [0.1, 0.15) is 0 Å². The zero-order valence-electron chi connectivity index (χ0n) is 11.3. The Morgan fingerprint density at radius 3 is 2.89 bits per heavy atom. The fourth-order valence-corrected chi connectivity index (χ4v) is 4.10. The van der Waals surface area contributed by atoms with Gasteiger partial charge in [0, 0.05) is 18.7 Å². The van der Waals surface area contributed by atoms with E-state index in [4.69, 9.17) is 9.84 Å². The minimum Gasteiger partial charge on any atom is -0.392 e. The van der Waals surface area contributed by atoms with Gasteiger partial charge in [-0.3, -0.25) is 5.10 Å². The van der Waals surface area contributed by atoms with Crippen molar-refractivity contribution < 1.29 is 18.3 Å². The average molecular weight is 289 g/mol. The molecule has 1 unspecified atom stereocenters. The molecule has 1 aliphatic rings. The summed E-state index contributed by atoms with van der Waals surface area (Å²) in [6, 6.07) is 0. The third-order valence-electron chi connectivity index (χ3n) is 2.98. The van der Waals surface area contributed by atoms with Crippen molar-refractivity contribution in [1.82, 2.24) is 14.5 Å². The normalized spacial score (nSPS) is 24.5. The first-order valence-corrected chi connectivity index (χ1v) is 7.51. The summed E-state index contributed by atoms with van der Waals surface area (Å²) in [5.74, 6) is 0. The third-order valence-corrected chi connectivity index (χ3v) is 4.81. The maximum Gasteiger partial charge on any atom is 0.260 e. The summed E-state index contributed by atoms with van der Waals surface area (Å²) in [6.45, 7) is 5.73. The number of hydrogen-bond acceptors (Lipinski definition) is 5. The van der Waals surface area contributed by atoms with Crippen molar-refractivity contribution in [3.05, 3.63) is 11.8 Å². The Kier molecular flexibility index (Phi) is 3.69. The summed E-state index contributed by atoms with van der Waals surface area (Å²) < 4.78 is 32.2. The van der Waals surface area contributed by atoms with E-state index in [2.05, 4.69) is 10.2 Å². The maximum absolute atomic E-state index is 12.5. The highest BCUT2D eigenvalue weighted by atomic mass is 32.2. The minimum absolute atomic E-state index is 0.0418. The fraction of sp³-hybridized carbons (Fsp3) is 0.727. The summed E-state index contributed by atoms with van der Waals surface area (Å²) in [7, 11) is -3.69. The Labute approximate surface area is 112 Å². The highest BCUT2D eigenvalue weighted by Gasteiger charge is 2.39. The van der Waals surface area contributed by atoms with Crippen molar-refractivity contribution in [3.63, 3.8) is 0 Å². The number of ether oxygens (including phenoxy) is 1. The Balaban J connectivity index is 2.34. The zero-order valence-corrected chi connectivity index (χ0v) is 12.1. The van der Waals surface area contributed by atoms with Crippen LogP contribution in [0.15, 0.2) is 11.2 Å². The van der Waals surface area contributed by atoms with Gasteiger partial charge >= 0.3 is 0 Å². The molecule has 108 valence electrons. The summed E-state index contributed by atoms with van der Waals surface area (Å²) >= 11 is 0. The Morgan fingerprint density at radius 2 is 2.32 bits per heavy atom. The molecule has 7 nitrogen and oxygen atoms in total. The van der Waals surface area contributed by atoms with E-state index in [0.29, 0.717) is 0 Å². The van der Waals surface area contributed by atoms with E-state index in [-0.39, 0.29) is 36.4 Å². The Morgan fingerprint density at radius 1 is 1.63 bits per heavy atom. The number of aliphatic hydroxyl groups is 1. The summed E-state index contributed by atoms with van der Waals surface area (Å²) in [5.41, 5.74) is -0.263. The van der Waals surface area contributed by atoms with E-state index in [1.54, 1.807) is 0 Å². The lowest BCUT2D eigenvalue weighted by atomic mass is 10.1. The van der Waals surface area contributed by atoms with Crippen molar-refractivity contribution in [2.45, 2.75) is 44.1 Å². The van der Waals surface area contributed by atoms with Crippen LogP contribution in [-0.2, 0) is 21.4 Å². The maximum atomic E-state index is 12.5. The van der Waals surface area contributed by atoms with E-state index < -0.39 is 15.6 Å². The predicted octanol–water partition coefficient (Wildman–Crippen LogP) is 0.0900. The van der Waals surface area contributed by atoms with Crippen molar-refractivity contribution in [2.75, 3.05) is 13.1 Å². The number of hydrogen-bond donors (Lipinski definition) is 2. The number of sulfonamides is 1. The van der Waals surface area contributed by atoms with Gasteiger partial charge in [0.05, 0.1) is 24.5 Å². The van der Waals surface area contributed by atoms with Crippen LogP contribution in [0.4, 0.5) is 0 Å². The summed E-state index contributed by atoms with van der Waals surface area (Å²) in [6.07, 6.45) is 1.14. The van der Waals surface area contributed by atoms with Crippen molar-refractivity contribution in [3.8, 4) is 0 Å². The molecule has 0 aliphatic carbocycles. The standard InChI is InChI=1S/C11H19N3O4S/c1-8-5-14(7-11(2,3)18-8)19(16,17)10-9(6-15)4-12-13-10/h4,8,15H,5-7H2,1-3H3,(H,12,13). The number of nitrogens with one attached hydrogen (secondary N) is 1. The lowest BCUT2D eigenvalue weighted by molar-refractivity contribution is -0.109. The molecule has 2 rings (SSSR count). The number of H-pyrrole nitrogens is 1. The molecule has 2 heterocycles. The van der Waals surface area contributed by atoms with Crippen LogP contribution in [0.25, 0.3) is 0 Å². The Bertz CT molecular complexity index is 552. The fourth-order valence-electron chi connectivity index (χ4n) is 2.34. The van der Waals surface area contributed by atoms with E-state index in [9.17, 15) is 8.42 Å². The first-order chi connectivity index (χ1) is 8.76. The van der Waals surface area contributed by atoms with Crippen LogP contribution < -0.4 is 0 Å². The molecular formula is C11H19N3O4S. The lowest BCUT2D eigenvalue weighted by Gasteiger charge is -2.40. The molecule has 0 saturated carbocycles. The van der Waals surface area contributed by atoms with Crippen LogP contribution in [-0.4, -0.2) is 52.8 Å². The number of nitrogens with zero attached hydrogens (tertiary/aromatic N) is 2. The number of rotatable bonds is 3. The van der Waals surface area contributed by atoms with E-state index in [1.165, 1.54) is 10.5 Å². The molecule has 19 heavy (non-hydrogen) atoms. The molecule has 1 aromatic heterocycles. The summed E-state index contributed by atoms with van der Waals surface area (Å²) in [4.78, 5) is 0. The van der Waals surface area contributed by atoms with Crippen molar-refractivity contribution >= 4 is 10.0 Å². The van der Waals surface area contributed by atoms with Crippen LogP contribution in [0.2, 0.25) is 0 Å². The molecule has 0 bridgehead atoms. The van der Waals surface area contributed by atoms with Crippen molar-refractivity contribution in [2.24, 2.45) is 0 Å². The van der Waals surface area contributed by atoms with E-state index >= 15 is 0 Å². The van der Waals surface area contributed by atoms with Gasteiger partial charge in [0.2, 0.25) is 0 Å². The molecule has 0 spiro atoms. The minimum atomic E-state index is -3.69. The number of aliphatic hydroxyl groups excluding tert-OH is 1. The average Bonchev–Trinajstić information content (AvgIpc) is 2.74. The highest BCUT2D eigenvalue weighted by Crippen LogP contribution is 2.26. The van der Waals surface area contributed by atoms with Gasteiger partial charge in [-0.1, -0.05) is 0 Å². The Hall–Kier alpha value is -0.960. The molecule has 0 aromatic carbocycles. The van der Waals surface area contributed by atoms with Gasteiger partial charge in [-0.05, 0) is 20.8 Å².